The number of rotatable bonds is 4. The fraction of sp³-hybridized carbons (Fsp3) is 0.643. The Morgan fingerprint density at radius 3 is 3.15 bits per heavy atom. The molecule has 1 aliphatic rings. The Morgan fingerprint density at radius 1 is 1.55 bits per heavy atom. The van der Waals surface area contributed by atoms with Crippen LogP contribution in [-0.2, 0) is 6.54 Å². The Bertz CT molecular complexity index is 577. The minimum Gasteiger partial charge on any atom is -0.391 e. The van der Waals surface area contributed by atoms with E-state index in [9.17, 15) is 5.11 Å². The van der Waals surface area contributed by atoms with Gasteiger partial charge >= 0.3 is 0 Å². The van der Waals surface area contributed by atoms with Gasteiger partial charge in [0.25, 0.3) is 0 Å². The molecular formula is C14H22N4OS. The maximum Gasteiger partial charge on any atom is 0.195 e. The molecule has 0 bridgehead atoms. The van der Waals surface area contributed by atoms with E-state index in [0.29, 0.717) is 12.6 Å². The number of aliphatic hydroxyl groups excluding tert-OH is 1. The minimum absolute atomic E-state index is 0.227. The zero-order chi connectivity index (χ0) is 14.1. The van der Waals surface area contributed by atoms with E-state index in [2.05, 4.69) is 40.0 Å². The zero-order valence-electron chi connectivity index (χ0n) is 12.0. The first-order chi connectivity index (χ1) is 9.65. The average molecular weight is 294 g/mol. The highest BCUT2D eigenvalue weighted by atomic mass is 32.1. The molecule has 1 saturated heterocycles. The highest BCUT2D eigenvalue weighted by Crippen LogP contribution is 2.27. The van der Waals surface area contributed by atoms with Crippen LogP contribution in [0.25, 0.3) is 4.96 Å². The summed E-state index contributed by atoms with van der Waals surface area (Å²) in [6.45, 7) is 6.78. The van der Waals surface area contributed by atoms with E-state index < -0.39 is 0 Å². The van der Waals surface area contributed by atoms with Crippen molar-refractivity contribution in [2.24, 2.45) is 0 Å². The molecule has 1 aliphatic heterocycles. The van der Waals surface area contributed by atoms with Gasteiger partial charge in [-0.05, 0) is 12.8 Å². The van der Waals surface area contributed by atoms with Crippen molar-refractivity contribution >= 4 is 22.1 Å². The van der Waals surface area contributed by atoms with Crippen molar-refractivity contribution in [3.05, 3.63) is 17.3 Å². The smallest absolute Gasteiger partial charge is 0.195 e. The van der Waals surface area contributed by atoms with Crippen LogP contribution in [0.4, 0.5) is 5.82 Å². The number of hydrogen-bond acceptors (Lipinski definition) is 5. The van der Waals surface area contributed by atoms with E-state index in [4.69, 9.17) is 4.98 Å². The molecule has 5 nitrogen and oxygen atoms in total. The van der Waals surface area contributed by atoms with Crippen molar-refractivity contribution in [3.8, 4) is 0 Å². The Labute approximate surface area is 123 Å². The van der Waals surface area contributed by atoms with Crippen molar-refractivity contribution in [2.75, 3.05) is 18.0 Å². The lowest BCUT2D eigenvalue weighted by Crippen LogP contribution is -2.39. The SMILES string of the molecule is CC(C)NCc1c(N2CCCC(O)C2)nc2sccn12. The molecule has 0 radical (unpaired) electrons. The van der Waals surface area contributed by atoms with Gasteiger partial charge in [0, 0.05) is 37.3 Å². The van der Waals surface area contributed by atoms with E-state index in [0.717, 1.165) is 36.7 Å². The molecule has 2 N–H and O–H groups in total. The van der Waals surface area contributed by atoms with Crippen LogP contribution < -0.4 is 10.2 Å². The lowest BCUT2D eigenvalue weighted by atomic mass is 10.1. The van der Waals surface area contributed by atoms with Crippen molar-refractivity contribution < 1.29 is 5.11 Å². The summed E-state index contributed by atoms with van der Waals surface area (Å²) in [7, 11) is 0. The summed E-state index contributed by atoms with van der Waals surface area (Å²) in [5, 5.41) is 15.4. The molecular weight excluding hydrogens is 272 g/mol. The second-order valence-electron chi connectivity index (χ2n) is 5.72. The number of hydrogen-bond donors (Lipinski definition) is 2. The van der Waals surface area contributed by atoms with Crippen molar-refractivity contribution in [1.82, 2.24) is 14.7 Å². The van der Waals surface area contributed by atoms with E-state index in [-0.39, 0.29) is 6.10 Å². The van der Waals surface area contributed by atoms with Crippen LogP contribution in [0.2, 0.25) is 0 Å². The number of piperidine rings is 1. The van der Waals surface area contributed by atoms with Gasteiger partial charge in [-0.3, -0.25) is 4.40 Å². The first-order valence-corrected chi connectivity index (χ1v) is 8.14. The third-order valence-corrected chi connectivity index (χ3v) is 4.47. The molecule has 20 heavy (non-hydrogen) atoms. The third kappa shape index (κ3) is 2.68. The van der Waals surface area contributed by atoms with Crippen LogP contribution in [0.3, 0.4) is 0 Å². The van der Waals surface area contributed by atoms with Gasteiger partial charge in [0.15, 0.2) is 10.8 Å². The largest absolute Gasteiger partial charge is 0.391 e. The molecule has 2 aromatic heterocycles. The number of fused-ring (bicyclic) bond motifs is 1. The fourth-order valence-corrected chi connectivity index (χ4v) is 3.41. The normalized spacial score (nSPS) is 20.2. The van der Waals surface area contributed by atoms with Gasteiger partial charge in [-0.15, -0.1) is 11.3 Å². The van der Waals surface area contributed by atoms with Crippen molar-refractivity contribution in [2.45, 2.75) is 45.4 Å². The van der Waals surface area contributed by atoms with E-state index in [1.54, 1.807) is 11.3 Å². The highest BCUT2D eigenvalue weighted by Gasteiger charge is 2.24. The number of anilines is 1. The second-order valence-corrected chi connectivity index (χ2v) is 6.59. The van der Waals surface area contributed by atoms with Gasteiger partial charge in [0.05, 0.1) is 11.8 Å². The molecule has 1 unspecified atom stereocenters. The summed E-state index contributed by atoms with van der Waals surface area (Å²) in [6.07, 6.45) is 3.78. The topological polar surface area (TPSA) is 52.8 Å². The van der Waals surface area contributed by atoms with E-state index in [1.807, 2.05) is 0 Å². The zero-order valence-corrected chi connectivity index (χ0v) is 12.9. The monoisotopic (exact) mass is 294 g/mol. The summed E-state index contributed by atoms with van der Waals surface area (Å²) >= 11 is 1.66. The van der Waals surface area contributed by atoms with E-state index >= 15 is 0 Å². The van der Waals surface area contributed by atoms with Crippen LogP contribution in [0.15, 0.2) is 11.6 Å². The number of imidazole rings is 1. The summed E-state index contributed by atoms with van der Waals surface area (Å²) in [5.41, 5.74) is 1.20. The summed E-state index contributed by atoms with van der Waals surface area (Å²) < 4.78 is 2.16. The molecule has 0 aromatic carbocycles. The van der Waals surface area contributed by atoms with Crippen LogP contribution in [0.1, 0.15) is 32.4 Å². The van der Waals surface area contributed by atoms with Gasteiger partial charge in [-0.2, -0.15) is 0 Å². The van der Waals surface area contributed by atoms with Gasteiger partial charge in [-0.1, -0.05) is 13.8 Å². The second kappa shape index (κ2) is 5.71. The van der Waals surface area contributed by atoms with Gasteiger partial charge in [0.2, 0.25) is 0 Å². The Morgan fingerprint density at radius 2 is 2.40 bits per heavy atom. The average Bonchev–Trinajstić information content (AvgIpc) is 2.96. The summed E-state index contributed by atoms with van der Waals surface area (Å²) in [6, 6.07) is 0.444. The molecule has 1 fully saturated rings. The van der Waals surface area contributed by atoms with Crippen LogP contribution in [0, 0.1) is 0 Å². The predicted molar refractivity (Wildman–Crippen MR) is 82.5 cm³/mol. The number of aromatic nitrogens is 2. The maximum absolute atomic E-state index is 9.89. The van der Waals surface area contributed by atoms with Crippen LogP contribution in [-0.4, -0.2) is 39.7 Å². The molecule has 0 spiro atoms. The molecule has 3 rings (SSSR count). The van der Waals surface area contributed by atoms with E-state index in [1.165, 1.54) is 5.69 Å². The van der Waals surface area contributed by atoms with Gasteiger partial charge in [0.1, 0.15) is 0 Å². The number of nitrogens with one attached hydrogen (secondary N) is 1. The molecule has 110 valence electrons. The van der Waals surface area contributed by atoms with Crippen LogP contribution >= 0.6 is 11.3 Å². The molecule has 0 amide bonds. The highest BCUT2D eigenvalue weighted by molar-refractivity contribution is 7.15. The Balaban J connectivity index is 1.91. The number of aliphatic hydroxyl groups is 1. The molecule has 1 atom stereocenters. The maximum atomic E-state index is 9.89. The van der Waals surface area contributed by atoms with Crippen LogP contribution in [0.5, 0.6) is 0 Å². The molecule has 6 heteroatoms. The van der Waals surface area contributed by atoms with Gasteiger partial charge < -0.3 is 15.3 Å². The number of β-amino-alcohol motifs (C(OH)–C–C–N with tert-alkyl or cyclic N) is 1. The number of nitrogens with zero attached hydrogens (tertiary/aromatic N) is 3. The van der Waals surface area contributed by atoms with Crippen molar-refractivity contribution in [1.29, 1.82) is 0 Å². The third-order valence-electron chi connectivity index (χ3n) is 3.71. The summed E-state index contributed by atoms with van der Waals surface area (Å²) in [4.78, 5) is 8.02. The standard InChI is InChI=1S/C14H22N4OS/c1-10(2)15-8-12-13(16-14-18(12)6-7-20-14)17-5-3-4-11(19)9-17/h6-7,10-11,15,19H,3-5,8-9H2,1-2H3. The minimum atomic E-state index is -0.227. The first-order valence-electron chi connectivity index (χ1n) is 7.26. The fourth-order valence-electron chi connectivity index (χ4n) is 2.69. The lowest BCUT2D eigenvalue weighted by Gasteiger charge is -2.31. The van der Waals surface area contributed by atoms with Crippen molar-refractivity contribution in [3.63, 3.8) is 0 Å². The molecule has 0 saturated carbocycles. The lowest BCUT2D eigenvalue weighted by molar-refractivity contribution is 0.154. The summed E-state index contributed by atoms with van der Waals surface area (Å²) in [5.74, 6) is 1.03. The Hall–Kier alpha value is -1.11. The Kier molecular flexibility index (Phi) is 3.96. The molecule has 3 heterocycles. The number of thiazole rings is 1. The first kappa shape index (κ1) is 13.9. The predicted octanol–water partition coefficient (Wildman–Crippen LogP) is 1.85. The molecule has 0 aliphatic carbocycles. The molecule has 2 aromatic rings. The quantitative estimate of drug-likeness (QED) is 0.904. The van der Waals surface area contributed by atoms with Gasteiger partial charge in [-0.25, -0.2) is 4.98 Å².